The Hall–Kier alpha value is -2.55. The van der Waals surface area contributed by atoms with Gasteiger partial charge in [-0.25, -0.2) is 0 Å². The van der Waals surface area contributed by atoms with Crippen LogP contribution in [0.2, 0.25) is 0 Å². The molecule has 0 unspecified atom stereocenters. The van der Waals surface area contributed by atoms with Crippen molar-refractivity contribution in [3.8, 4) is 16.9 Å². The number of aryl methyl sites for hydroxylation is 3. The number of nitrogens with one attached hydrogen (secondary N) is 1. The summed E-state index contributed by atoms with van der Waals surface area (Å²) in [7, 11) is 0. The molecule has 0 aliphatic rings. The van der Waals surface area contributed by atoms with Crippen LogP contribution in [0.3, 0.4) is 0 Å². The Morgan fingerprint density at radius 2 is 1.57 bits per heavy atom. The van der Waals surface area contributed by atoms with E-state index in [2.05, 4.69) is 24.0 Å². The standard InChI is InChI=1S/C20H21NO2/c1-5-23-18-11-16(15-8-6-12(2)7-9-15)10-17(22)19-13(3)21-14(4)20(18)19/h6-11,21H,5H2,1-4H3. The minimum Gasteiger partial charge on any atom is -0.493 e. The van der Waals surface area contributed by atoms with E-state index in [1.54, 1.807) is 6.07 Å². The van der Waals surface area contributed by atoms with Gasteiger partial charge in [0.15, 0.2) is 5.43 Å². The van der Waals surface area contributed by atoms with Crippen molar-refractivity contribution in [2.45, 2.75) is 27.7 Å². The lowest BCUT2D eigenvalue weighted by Crippen LogP contribution is -1.96. The Kier molecular flexibility index (Phi) is 3.95. The predicted octanol–water partition coefficient (Wildman–Crippen LogP) is 4.52. The molecule has 2 aromatic carbocycles. The maximum absolute atomic E-state index is 12.8. The molecular weight excluding hydrogens is 286 g/mol. The second-order valence-electron chi connectivity index (χ2n) is 5.90. The van der Waals surface area contributed by atoms with Gasteiger partial charge < -0.3 is 9.72 Å². The molecule has 3 aromatic rings. The fraction of sp³-hybridized carbons (Fsp3) is 0.250. The molecule has 3 rings (SSSR count). The van der Waals surface area contributed by atoms with Crippen LogP contribution in [0.1, 0.15) is 23.9 Å². The summed E-state index contributed by atoms with van der Waals surface area (Å²) in [4.78, 5) is 16.0. The SMILES string of the molecule is CCOc1cc(-c2ccc(C)cc2)cc(=O)c2c(C)[nH]c(C)c12. The van der Waals surface area contributed by atoms with E-state index < -0.39 is 0 Å². The molecule has 0 saturated carbocycles. The van der Waals surface area contributed by atoms with Crippen LogP contribution in [0.5, 0.6) is 5.75 Å². The predicted molar refractivity (Wildman–Crippen MR) is 95.4 cm³/mol. The van der Waals surface area contributed by atoms with Crippen LogP contribution >= 0.6 is 0 Å². The van der Waals surface area contributed by atoms with Gasteiger partial charge >= 0.3 is 0 Å². The van der Waals surface area contributed by atoms with E-state index in [0.717, 1.165) is 33.7 Å². The first-order chi connectivity index (χ1) is 11.0. The van der Waals surface area contributed by atoms with E-state index in [1.165, 1.54) is 5.56 Å². The minimum absolute atomic E-state index is 0.0170. The summed E-state index contributed by atoms with van der Waals surface area (Å²) in [6.07, 6.45) is 0. The number of ether oxygens (including phenoxy) is 1. The van der Waals surface area contributed by atoms with Gasteiger partial charge in [0.25, 0.3) is 0 Å². The zero-order chi connectivity index (χ0) is 16.6. The van der Waals surface area contributed by atoms with Crippen LogP contribution in [0.4, 0.5) is 0 Å². The van der Waals surface area contributed by atoms with Crippen molar-refractivity contribution >= 4 is 10.8 Å². The number of aromatic nitrogens is 1. The molecule has 118 valence electrons. The Bertz CT molecular complexity index is 921. The van der Waals surface area contributed by atoms with E-state index >= 15 is 0 Å². The molecule has 23 heavy (non-hydrogen) atoms. The van der Waals surface area contributed by atoms with Crippen molar-refractivity contribution in [2.24, 2.45) is 0 Å². The largest absolute Gasteiger partial charge is 0.493 e. The van der Waals surface area contributed by atoms with Crippen molar-refractivity contribution in [1.29, 1.82) is 0 Å². The second kappa shape index (κ2) is 5.92. The lowest BCUT2D eigenvalue weighted by atomic mass is 10.1. The molecule has 0 aliphatic carbocycles. The van der Waals surface area contributed by atoms with Gasteiger partial charge in [-0.05, 0) is 51.0 Å². The highest BCUT2D eigenvalue weighted by Gasteiger charge is 2.14. The smallest absolute Gasteiger partial charge is 0.189 e. The molecule has 1 N–H and O–H groups in total. The molecule has 0 atom stereocenters. The maximum atomic E-state index is 12.8. The molecule has 1 aromatic heterocycles. The first kappa shape index (κ1) is 15.3. The van der Waals surface area contributed by atoms with Crippen molar-refractivity contribution in [3.63, 3.8) is 0 Å². The van der Waals surface area contributed by atoms with Crippen molar-refractivity contribution in [3.05, 3.63) is 63.6 Å². The molecule has 0 fully saturated rings. The number of benzene rings is 1. The van der Waals surface area contributed by atoms with Crippen LogP contribution in [-0.4, -0.2) is 11.6 Å². The lowest BCUT2D eigenvalue weighted by Gasteiger charge is -2.05. The van der Waals surface area contributed by atoms with Crippen molar-refractivity contribution in [2.75, 3.05) is 6.61 Å². The first-order valence-electron chi connectivity index (χ1n) is 7.88. The van der Waals surface area contributed by atoms with Crippen LogP contribution in [0.15, 0.2) is 41.2 Å². The third kappa shape index (κ3) is 2.74. The molecule has 0 amide bonds. The summed E-state index contributed by atoms with van der Waals surface area (Å²) in [5.41, 5.74) is 4.96. The van der Waals surface area contributed by atoms with Gasteiger partial charge in [-0.1, -0.05) is 29.8 Å². The minimum atomic E-state index is 0.0170. The van der Waals surface area contributed by atoms with Gasteiger partial charge in [0, 0.05) is 16.8 Å². The van der Waals surface area contributed by atoms with E-state index in [0.29, 0.717) is 12.0 Å². The third-order valence-corrected chi connectivity index (χ3v) is 4.13. The monoisotopic (exact) mass is 307 g/mol. The van der Waals surface area contributed by atoms with Crippen molar-refractivity contribution in [1.82, 2.24) is 4.98 Å². The fourth-order valence-corrected chi connectivity index (χ4v) is 3.05. The quantitative estimate of drug-likeness (QED) is 0.773. The molecule has 0 radical (unpaired) electrons. The van der Waals surface area contributed by atoms with Crippen LogP contribution < -0.4 is 10.2 Å². The van der Waals surface area contributed by atoms with E-state index in [-0.39, 0.29) is 5.43 Å². The molecule has 1 heterocycles. The maximum Gasteiger partial charge on any atom is 0.189 e. The molecule has 0 saturated heterocycles. The molecule has 0 spiro atoms. The number of H-pyrrole nitrogens is 1. The summed E-state index contributed by atoms with van der Waals surface area (Å²) in [6, 6.07) is 11.9. The average Bonchev–Trinajstić information content (AvgIpc) is 2.71. The topological polar surface area (TPSA) is 42.1 Å². The third-order valence-electron chi connectivity index (χ3n) is 4.13. The fourth-order valence-electron chi connectivity index (χ4n) is 3.05. The molecule has 3 heteroatoms. The van der Waals surface area contributed by atoms with Gasteiger partial charge in [-0.2, -0.15) is 0 Å². The van der Waals surface area contributed by atoms with Gasteiger partial charge in [0.1, 0.15) is 5.75 Å². The lowest BCUT2D eigenvalue weighted by molar-refractivity contribution is 0.344. The Morgan fingerprint density at radius 1 is 0.913 bits per heavy atom. The van der Waals surface area contributed by atoms with Crippen LogP contribution in [0, 0.1) is 20.8 Å². The Morgan fingerprint density at radius 3 is 2.22 bits per heavy atom. The molecule has 0 bridgehead atoms. The summed E-state index contributed by atoms with van der Waals surface area (Å²) in [5, 5.41) is 1.59. The van der Waals surface area contributed by atoms with Gasteiger partial charge in [0.05, 0.1) is 12.0 Å². The Labute approximate surface area is 135 Å². The summed E-state index contributed by atoms with van der Waals surface area (Å²) < 4.78 is 5.86. The zero-order valence-corrected chi connectivity index (χ0v) is 14.0. The van der Waals surface area contributed by atoms with Crippen LogP contribution in [0.25, 0.3) is 21.9 Å². The van der Waals surface area contributed by atoms with Gasteiger partial charge in [-0.15, -0.1) is 0 Å². The highest BCUT2D eigenvalue weighted by Crippen LogP contribution is 2.31. The van der Waals surface area contributed by atoms with Crippen LogP contribution in [-0.2, 0) is 0 Å². The summed E-state index contributed by atoms with van der Waals surface area (Å²) >= 11 is 0. The number of hydrogen-bond donors (Lipinski definition) is 1. The number of rotatable bonds is 3. The zero-order valence-electron chi connectivity index (χ0n) is 14.0. The highest BCUT2D eigenvalue weighted by molar-refractivity contribution is 5.93. The Balaban J connectivity index is 2.38. The molecule has 3 nitrogen and oxygen atoms in total. The summed E-state index contributed by atoms with van der Waals surface area (Å²) in [5.74, 6) is 0.752. The number of aromatic amines is 1. The van der Waals surface area contributed by atoms with Gasteiger partial charge in [-0.3, -0.25) is 4.79 Å². The first-order valence-corrected chi connectivity index (χ1v) is 7.88. The van der Waals surface area contributed by atoms with Crippen molar-refractivity contribution < 1.29 is 4.74 Å². The second-order valence-corrected chi connectivity index (χ2v) is 5.90. The van der Waals surface area contributed by atoms with Gasteiger partial charge in [0.2, 0.25) is 0 Å². The molecular formula is C20H21NO2. The normalized spacial score (nSPS) is 11.0. The molecule has 0 aliphatic heterocycles. The number of hydrogen-bond acceptors (Lipinski definition) is 2. The van der Waals surface area contributed by atoms with E-state index in [9.17, 15) is 4.79 Å². The average molecular weight is 307 g/mol. The van der Waals surface area contributed by atoms with E-state index in [1.807, 2.05) is 39.0 Å². The summed E-state index contributed by atoms with van der Waals surface area (Å²) in [6.45, 7) is 8.47. The van der Waals surface area contributed by atoms with E-state index in [4.69, 9.17) is 4.74 Å². The number of fused-ring (bicyclic) bond motifs is 1. The highest BCUT2D eigenvalue weighted by atomic mass is 16.5.